The molecule has 5 aliphatic rings. The highest BCUT2D eigenvalue weighted by molar-refractivity contribution is 6.12. The first-order chi connectivity index (χ1) is 60.3. The molecule has 0 radical (unpaired) electrons. The number of imide groups is 1. The molecule has 0 aliphatic carbocycles. The topological polar surface area (TPSA) is 594 Å². The van der Waals surface area contributed by atoms with Crippen molar-refractivity contribution in [3.63, 3.8) is 0 Å². The van der Waals surface area contributed by atoms with E-state index in [2.05, 4.69) is 42.1 Å². The predicted octanol–water partition coefficient (Wildman–Crippen LogP) is -8.28. The minimum atomic E-state index is -1.48. The molecule has 4 saturated heterocycles. The average Bonchev–Trinajstić information content (AvgIpc) is 1.80. The van der Waals surface area contributed by atoms with Crippen molar-refractivity contribution in [3.8, 4) is 0 Å². The summed E-state index contributed by atoms with van der Waals surface area (Å²) in [4.78, 5) is 130. The van der Waals surface area contributed by atoms with Gasteiger partial charge in [-0.25, -0.2) is 0 Å². The summed E-state index contributed by atoms with van der Waals surface area (Å²) in [6.45, 7) is 8.41. The lowest BCUT2D eigenvalue weighted by Gasteiger charge is -2.42. The maximum atomic E-state index is 13.9. The Balaban J connectivity index is 1.07. The first-order valence-electron chi connectivity index (χ1n) is 43.1. The van der Waals surface area contributed by atoms with E-state index in [1.165, 1.54) is 37.8 Å². The van der Waals surface area contributed by atoms with Gasteiger partial charge in [0.05, 0.1) is 215 Å². The van der Waals surface area contributed by atoms with Crippen LogP contribution < -0.4 is 37.2 Å². The van der Waals surface area contributed by atoms with Crippen LogP contribution in [0.15, 0.2) is 12.2 Å². The van der Waals surface area contributed by atoms with E-state index in [1.54, 1.807) is 4.90 Å². The second-order valence-corrected chi connectivity index (χ2v) is 30.5. The first-order valence-corrected chi connectivity index (χ1v) is 43.1. The van der Waals surface area contributed by atoms with E-state index < -0.39 is 140 Å². The van der Waals surface area contributed by atoms with E-state index in [-0.39, 0.29) is 259 Å². The molecule has 0 saturated carbocycles. The third-order valence-corrected chi connectivity index (χ3v) is 20.6. The molecule has 15 atom stereocenters. The monoisotopic (exact) mass is 1800 g/mol. The number of ether oxygens (including phenoxy) is 16. The third-order valence-electron chi connectivity index (χ3n) is 20.6. The molecule has 5 aliphatic heterocycles. The Morgan fingerprint density at radius 1 is 0.360 bits per heavy atom. The number of nitrogens with one attached hydrogen (secondary N) is 7. The fourth-order valence-corrected chi connectivity index (χ4v) is 14.0. The van der Waals surface area contributed by atoms with Crippen LogP contribution in [0, 0.1) is 0 Å². The minimum Gasteiger partial charge on any atom is -0.394 e. The summed E-state index contributed by atoms with van der Waals surface area (Å²) in [6.07, 6.45) is -8.76. The molecular formula is C80H140N10O35. The largest absolute Gasteiger partial charge is 0.394 e. The molecule has 16 N–H and O–H groups in total. The molecule has 45 heteroatoms. The third kappa shape index (κ3) is 44.2. The van der Waals surface area contributed by atoms with Crippen LogP contribution in [0.1, 0.15) is 91.4 Å². The van der Waals surface area contributed by atoms with E-state index >= 15 is 0 Å². The highest BCUT2D eigenvalue weighted by Gasteiger charge is 2.47. The van der Waals surface area contributed by atoms with Crippen LogP contribution in [0.4, 0.5) is 0 Å². The fraction of sp³-hybridized carbons (Fsp3) is 0.850. The van der Waals surface area contributed by atoms with Gasteiger partial charge in [0.25, 0.3) is 11.8 Å². The molecule has 0 aromatic rings. The molecule has 10 amide bonds. The van der Waals surface area contributed by atoms with Crippen molar-refractivity contribution in [2.45, 2.75) is 188 Å². The van der Waals surface area contributed by atoms with Crippen LogP contribution >= 0.6 is 0 Å². The molecular weight excluding hydrogens is 1660 g/mol. The summed E-state index contributed by atoms with van der Waals surface area (Å²) in [6, 6.07) is -2.67. The van der Waals surface area contributed by atoms with Crippen LogP contribution in [0.5, 0.6) is 0 Å². The Bertz CT molecular complexity index is 2870. The number of hydrogen-bond donors (Lipinski definition) is 16. The second-order valence-electron chi connectivity index (χ2n) is 30.5. The number of piperazine rings is 1. The van der Waals surface area contributed by atoms with Gasteiger partial charge in [0.1, 0.15) is 60.5 Å². The molecule has 0 bridgehead atoms. The molecule has 0 unspecified atom stereocenters. The number of rotatable bonds is 70. The van der Waals surface area contributed by atoms with Crippen LogP contribution in [0.3, 0.4) is 0 Å². The van der Waals surface area contributed by atoms with Gasteiger partial charge in [-0.15, -0.1) is 0 Å². The molecule has 5 rings (SSSR count). The van der Waals surface area contributed by atoms with Crippen molar-refractivity contribution < 1.29 is 170 Å². The standard InChI is InChI=1S/C80H140N10O35/c1-55(94)84-71-58(123-61(49-91)74(104)77(71)107)7-4-26-110-37-42-115-34-17-81-64(97)12-30-120-52-80(53-121-31-13-65(98)82-18-35-116-43-38-111-27-5-8-59-72(85-56(2)95)78(108)75(105)62(50-92)124-59,54-122-32-14-66(99)83-19-36-117-44-39-112-28-6-9-60-73(86-57(3)96)79(109)76(106)63(51-93)125-60)87-67(100)15-29-113-40-45-118-47-48-119-46-41-114-33-16-68(101)89-23-20-88(21-24-89)22-25-90-69(102)10-11-70(90)103/h10-11,58-63,71-79,91-93,104-109H,4-9,12-54H2,1-3H3,(H,81,97)(H,82,98)(H,83,99)(H,84,94)(H,85,95)(H,86,96)(H,87,100)/t58-,59-,60-,61-,62-,63-,71+,72+,73+,74+,75+,76+,77-,78-,79-/m1/s1. The molecule has 0 aromatic carbocycles. The Kier molecular flexibility index (Phi) is 56.2. The lowest BCUT2D eigenvalue weighted by molar-refractivity contribution is -0.197. The van der Waals surface area contributed by atoms with E-state index in [0.717, 1.165) is 0 Å². The van der Waals surface area contributed by atoms with Crippen molar-refractivity contribution >= 4 is 59.1 Å². The molecule has 4 fully saturated rings. The Morgan fingerprint density at radius 3 is 0.968 bits per heavy atom. The number of hydrogen-bond acceptors (Lipinski definition) is 36. The first kappa shape index (κ1) is 109. The van der Waals surface area contributed by atoms with Gasteiger partial charge < -0.3 is 164 Å². The van der Waals surface area contributed by atoms with E-state index in [0.29, 0.717) is 77.8 Å². The number of aliphatic hydroxyl groups excluding tert-OH is 9. The van der Waals surface area contributed by atoms with Crippen LogP contribution in [0.2, 0.25) is 0 Å². The van der Waals surface area contributed by atoms with Crippen LogP contribution in [0.25, 0.3) is 0 Å². The Hall–Kier alpha value is -6.40. The zero-order chi connectivity index (χ0) is 91.0. The molecule has 0 aromatic heterocycles. The Labute approximate surface area is 729 Å². The van der Waals surface area contributed by atoms with E-state index in [9.17, 15) is 93.9 Å². The fourth-order valence-electron chi connectivity index (χ4n) is 14.0. The van der Waals surface area contributed by atoms with E-state index in [4.69, 9.17) is 75.8 Å². The van der Waals surface area contributed by atoms with E-state index in [1.807, 2.05) is 0 Å². The summed E-state index contributed by atoms with van der Waals surface area (Å²) < 4.78 is 92.1. The summed E-state index contributed by atoms with van der Waals surface area (Å²) >= 11 is 0. The lowest BCUT2D eigenvalue weighted by Crippen LogP contribution is -2.63. The van der Waals surface area contributed by atoms with Gasteiger partial charge in [-0.2, -0.15) is 0 Å². The zero-order valence-electron chi connectivity index (χ0n) is 72.4. The Morgan fingerprint density at radius 2 is 0.648 bits per heavy atom. The van der Waals surface area contributed by atoms with Crippen molar-refractivity contribution in [3.05, 3.63) is 12.2 Å². The number of aliphatic hydroxyl groups is 9. The lowest BCUT2D eigenvalue weighted by atomic mass is 9.90. The van der Waals surface area contributed by atoms with Gasteiger partial charge in [-0.1, -0.05) is 0 Å². The quantitative estimate of drug-likeness (QED) is 0.0199. The summed E-state index contributed by atoms with van der Waals surface area (Å²) in [5.41, 5.74) is -1.48. The minimum absolute atomic E-state index is 0.0300. The van der Waals surface area contributed by atoms with Crippen molar-refractivity contribution in [1.82, 2.24) is 51.9 Å². The van der Waals surface area contributed by atoms with Gasteiger partial charge in [-0.3, -0.25) is 57.7 Å². The maximum absolute atomic E-state index is 13.9. The smallest absolute Gasteiger partial charge is 0.253 e. The molecule has 125 heavy (non-hydrogen) atoms. The molecule has 45 nitrogen and oxygen atoms in total. The van der Waals surface area contributed by atoms with Crippen LogP contribution in [-0.4, -0.2) is 467 Å². The SMILES string of the molecule is CC(=O)N[C@@H]1[C@@H](O)[C@@H](O)[C@@H](CO)O[C@@H]1CCCOCCOCCNC(=O)CCOCC(COCCC(=O)NCCOCCOCCC[C@H]1O[C@H](CO)[C@H](O)[C@H](O)[C@H]1NC(C)=O)(COCCC(=O)NCCOCCOCCC[C@H]1O[C@H](CO)[C@H](O)[C@H](O)[C@H]1NC(C)=O)NC(=O)CCOCCOCCOCCOCCC(=O)N1CCN(CCN2C(=O)C=CC2=O)CC1. The second kappa shape index (κ2) is 64.4. The van der Waals surface area contributed by atoms with Gasteiger partial charge in [-0.05, 0) is 38.5 Å². The highest BCUT2D eigenvalue weighted by Crippen LogP contribution is 2.28. The predicted molar refractivity (Wildman–Crippen MR) is 436 cm³/mol. The number of nitrogens with zero attached hydrogens (tertiary/aromatic N) is 3. The summed E-state index contributed by atoms with van der Waals surface area (Å²) in [7, 11) is 0. The van der Waals surface area contributed by atoms with Gasteiger partial charge in [0.15, 0.2) is 0 Å². The van der Waals surface area contributed by atoms with Gasteiger partial charge >= 0.3 is 0 Å². The van der Waals surface area contributed by atoms with Gasteiger partial charge in [0, 0.05) is 137 Å². The van der Waals surface area contributed by atoms with Crippen molar-refractivity contribution in [2.24, 2.45) is 0 Å². The van der Waals surface area contributed by atoms with Crippen LogP contribution in [-0.2, 0) is 124 Å². The maximum Gasteiger partial charge on any atom is 0.253 e. The normalized spacial score (nSPS) is 24.1. The summed E-state index contributed by atoms with van der Waals surface area (Å²) in [5.74, 6) is -3.62. The number of carbonyl (C=O) groups is 10. The number of amides is 10. The molecule has 0 spiro atoms. The van der Waals surface area contributed by atoms with Crippen molar-refractivity contribution in [1.29, 1.82) is 0 Å². The molecule has 5 heterocycles. The highest BCUT2D eigenvalue weighted by atomic mass is 16.6. The number of carbonyl (C=O) groups excluding carboxylic acids is 10. The van der Waals surface area contributed by atoms with Gasteiger partial charge in [0.2, 0.25) is 47.3 Å². The summed E-state index contributed by atoms with van der Waals surface area (Å²) in [5, 5.41) is 111. The zero-order valence-corrected chi connectivity index (χ0v) is 72.4. The average molecular weight is 1800 g/mol. The van der Waals surface area contributed by atoms with Crippen molar-refractivity contribution in [2.75, 3.05) is 251 Å². The molecule has 720 valence electrons.